The van der Waals surface area contributed by atoms with Crippen molar-refractivity contribution in [2.75, 3.05) is 0 Å². The van der Waals surface area contributed by atoms with E-state index < -0.39 is 0 Å². The van der Waals surface area contributed by atoms with E-state index in [2.05, 4.69) is 10.6 Å². The minimum absolute atomic E-state index is 0.132. The van der Waals surface area contributed by atoms with Crippen LogP contribution in [0.15, 0.2) is 23.9 Å². The molecule has 13 heavy (non-hydrogen) atoms. The Labute approximate surface area is 76.7 Å². The summed E-state index contributed by atoms with van der Waals surface area (Å²) in [6, 6.07) is -0.132. The summed E-state index contributed by atoms with van der Waals surface area (Å²) in [6.07, 6.45) is 6.85. The molecule has 0 fully saturated rings. The standard InChI is InChI=1S/C9H12N2O2/c1-7-3-2-4-8(10-5-12)9(7)11-6-13/h2-7,9H,1H3,(H,10,12)(H,11,13). The van der Waals surface area contributed by atoms with Crippen molar-refractivity contribution in [1.82, 2.24) is 10.6 Å². The maximum absolute atomic E-state index is 10.3. The highest BCUT2D eigenvalue weighted by atomic mass is 16.1. The molecule has 70 valence electrons. The van der Waals surface area contributed by atoms with Crippen LogP contribution in [0.1, 0.15) is 6.92 Å². The molecule has 2 atom stereocenters. The van der Waals surface area contributed by atoms with Crippen molar-refractivity contribution in [3.05, 3.63) is 23.9 Å². The second-order valence-electron chi connectivity index (χ2n) is 2.89. The van der Waals surface area contributed by atoms with Gasteiger partial charge in [-0.2, -0.15) is 0 Å². The van der Waals surface area contributed by atoms with Gasteiger partial charge in [0.15, 0.2) is 0 Å². The second kappa shape index (κ2) is 4.45. The van der Waals surface area contributed by atoms with Gasteiger partial charge < -0.3 is 10.6 Å². The van der Waals surface area contributed by atoms with Crippen LogP contribution in [-0.2, 0) is 9.59 Å². The maximum Gasteiger partial charge on any atom is 0.211 e. The van der Waals surface area contributed by atoms with Gasteiger partial charge in [0.1, 0.15) is 0 Å². The molecule has 1 aliphatic carbocycles. The smallest absolute Gasteiger partial charge is 0.211 e. The molecule has 2 N–H and O–H groups in total. The van der Waals surface area contributed by atoms with E-state index in [9.17, 15) is 9.59 Å². The van der Waals surface area contributed by atoms with Crippen molar-refractivity contribution in [3.63, 3.8) is 0 Å². The summed E-state index contributed by atoms with van der Waals surface area (Å²) in [6.45, 7) is 1.97. The van der Waals surface area contributed by atoms with Crippen LogP contribution >= 0.6 is 0 Å². The SMILES string of the molecule is CC1C=CC=C(NC=O)C1NC=O. The number of hydrogen-bond acceptors (Lipinski definition) is 2. The quantitative estimate of drug-likeness (QED) is 0.595. The molecule has 0 aromatic carbocycles. The van der Waals surface area contributed by atoms with Gasteiger partial charge in [-0.05, 0) is 6.08 Å². The number of nitrogens with one attached hydrogen (secondary N) is 2. The lowest BCUT2D eigenvalue weighted by Gasteiger charge is -2.25. The fourth-order valence-electron chi connectivity index (χ4n) is 1.35. The highest BCUT2D eigenvalue weighted by Crippen LogP contribution is 2.16. The lowest BCUT2D eigenvalue weighted by Crippen LogP contribution is -2.40. The Kier molecular flexibility index (Phi) is 3.25. The first-order valence-corrected chi connectivity index (χ1v) is 4.08. The number of hydrogen-bond donors (Lipinski definition) is 2. The van der Waals surface area contributed by atoms with Gasteiger partial charge in [-0.3, -0.25) is 9.59 Å². The second-order valence-corrected chi connectivity index (χ2v) is 2.89. The van der Waals surface area contributed by atoms with Gasteiger partial charge >= 0.3 is 0 Å². The molecule has 2 amide bonds. The van der Waals surface area contributed by atoms with Crippen molar-refractivity contribution < 1.29 is 9.59 Å². The number of rotatable bonds is 4. The summed E-state index contributed by atoms with van der Waals surface area (Å²) >= 11 is 0. The summed E-state index contributed by atoms with van der Waals surface area (Å²) in [5.41, 5.74) is 0.720. The number of amides is 2. The van der Waals surface area contributed by atoms with Gasteiger partial charge in [0, 0.05) is 11.6 Å². The third-order valence-corrected chi connectivity index (χ3v) is 2.02. The predicted molar refractivity (Wildman–Crippen MR) is 48.6 cm³/mol. The molecule has 0 saturated heterocycles. The van der Waals surface area contributed by atoms with E-state index in [1.165, 1.54) is 0 Å². The molecule has 0 spiro atoms. The van der Waals surface area contributed by atoms with Crippen molar-refractivity contribution in [2.24, 2.45) is 5.92 Å². The molecular formula is C9H12N2O2. The Morgan fingerprint density at radius 2 is 2.15 bits per heavy atom. The van der Waals surface area contributed by atoms with E-state index in [4.69, 9.17) is 0 Å². The Morgan fingerprint density at radius 1 is 1.38 bits per heavy atom. The average molecular weight is 180 g/mol. The molecule has 4 heteroatoms. The molecule has 0 saturated carbocycles. The van der Waals surface area contributed by atoms with Crippen LogP contribution in [0.25, 0.3) is 0 Å². The van der Waals surface area contributed by atoms with Crippen molar-refractivity contribution in [2.45, 2.75) is 13.0 Å². The summed E-state index contributed by atoms with van der Waals surface area (Å²) in [7, 11) is 0. The number of carbonyl (C=O) groups excluding carboxylic acids is 2. The third-order valence-electron chi connectivity index (χ3n) is 2.02. The lowest BCUT2D eigenvalue weighted by atomic mass is 9.94. The number of allylic oxidation sites excluding steroid dienone is 2. The maximum atomic E-state index is 10.3. The Hall–Kier alpha value is -1.58. The van der Waals surface area contributed by atoms with Gasteiger partial charge in [-0.25, -0.2) is 0 Å². The fourth-order valence-corrected chi connectivity index (χ4v) is 1.35. The molecule has 0 aromatic heterocycles. The summed E-state index contributed by atoms with van der Waals surface area (Å²) in [4.78, 5) is 20.5. The highest BCUT2D eigenvalue weighted by Gasteiger charge is 2.20. The monoisotopic (exact) mass is 180 g/mol. The van der Waals surface area contributed by atoms with Crippen LogP contribution in [-0.4, -0.2) is 18.9 Å². The van der Waals surface area contributed by atoms with Gasteiger partial charge in [0.25, 0.3) is 0 Å². The van der Waals surface area contributed by atoms with Gasteiger partial charge in [0.05, 0.1) is 6.04 Å². The third kappa shape index (κ3) is 2.18. The molecule has 0 aliphatic heterocycles. The average Bonchev–Trinajstić information content (AvgIpc) is 2.11. The van der Waals surface area contributed by atoms with E-state index in [1.807, 2.05) is 19.1 Å². The van der Waals surface area contributed by atoms with E-state index in [1.54, 1.807) is 6.08 Å². The normalized spacial score (nSPS) is 26.1. The van der Waals surface area contributed by atoms with Gasteiger partial charge in [-0.15, -0.1) is 0 Å². The van der Waals surface area contributed by atoms with Crippen LogP contribution in [0, 0.1) is 5.92 Å². The zero-order valence-corrected chi connectivity index (χ0v) is 7.36. The molecule has 2 unspecified atom stereocenters. The largest absolute Gasteiger partial charge is 0.350 e. The van der Waals surface area contributed by atoms with Crippen molar-refractivity contribution >= 4 is 12.8 Å². The van der Waals surface area contributed by atoms with Crippen molar-refractivity contribution in [1.29, 1.82) is 0 Å². The van der Waals surface area contributed by atoms with E-state index >= 15 is 0 Å². The van der Waals surface area contributed by atoms with Crippen LogP contribution in [0.5, 0.6) is 0 Å². The van der Waals surface area contributed by atoms with Crippen LogP contribution in [0.4, 0.5) is 0 Å². The molecule has 0 heterocycles. The fraction of sp³-hybridized carbons (Fsp3) is 0.333. The molecule has 4 nitrogen and oxygen atoms in total. The summed E-state index contributed by atoms with van der Waals surface area (Å²) in [5, 5.41) is 5.21. The molecule has 0 radical (unpaired) electrons. The minimum atomic E-state index is -0.132. The van der Waals surface area contributed by atoms with Crippen molar-refractivity contribution in [3.8, 4) is 0 Å². The summed E-state index contributed by atoms with van der Waals surface area (Å²) < 4.78 is 0. The van der Waals surface area contributed by atoms with Crippen LogP contribution in [0.2, 0.25) is 0 Å². The van der Waals surface area contributed by atoms with Crippen LogP contribution in [0.3, 0.4) is 0 Å². The lowest BCUT2D eigenvalue weighted by molar-refractivity contribution is -0.111. The first-order chi connectivity index (χ1) is 6.29. The van der Waals surface area contributed by atoms with E-state index in [-0.39, 0.29) is 12.0 Å². The molecule has 0 bridgehead atoms. The number of carbonyl (C=O) groups is 2. The Bertz CT molecular complexity index is 258. The first-order valence-electron chi connectivity index (χ1n) is 4.08. The molecule has 0 aromatic rings. The zero-order chi connectivity index (χ0) is 9.68. The Morgan fingerprint density at radius 3 is 2.77 bits per heavy atom. The van der Waals surface area contributed by atoms with E-state index in [0.717, 1.165) is 5.70 Å². The summed E-state index contributed by atoms with van der Waals surface area (Å²) in [5.74, 6) is 0.192. The van der Waals surface area contributed by atoms with E-state index in [0.29, 0.717) is 12.8 Å². The molecule has 1 aliphatic rings. The molecular weight excluding hydrogens is 168 g/mol. The topological polar surface area (TPSA) is 58.2 Å². The van der Waals surface area contributed by atoms with Gasteiger partial charge in [-0.1, -0.05) is 19.1 Å². The predicted octanol–water partition coefficient (Wildman–Crippen LogP) is -0.0632. The highest BCUT2D eigenvalue weighted by molar-refractivity contribution is 5.54. The zero-order valence-electron chi connectivity index (χ0n) is 7.36. The first kappa shape index (κ1) is 9.51. The Balaban J connectivity index is 2.74. The molecule has 1 rings (SSSR count). The van der Waals surface area contributed by atoms with Gasteiger partial charge in [0.2, 0.25) is 12.8 Å². The van der Waals surface area contributed by atoms with Crippen LogP contribution < -0.4 is 10.6 Å². The minimum Gasteiger partial charge on any atom is -0.350 e.